The fourth-order valence-electron chi connectivity index (χ4n) is 0.881. The Balaban J connectivity index is 2.45. The molecule has 67 valence electrons. The number of hydrogen-bond acceptors (Lipinski definition) is 6. The zero-order chi connectivity index (χ0) is 9.26. The highest BCUT2D eigenvalue weighted by Crippen LogP contribution is 2.32. The second-order valence-electron chi connectivity index (χ2n) is 2.15. The smallest absolute Gasteiger partial charge is 0.204 e. The predicted molar refractivity (Wildman–Crippen MR) is 56.4 cm³/mol. The van der Waals surface area contributed by atoms with E-state index < -0.39 is 0 Å². The molecule has 1 N–H and O–H groups in total. The molecule has 2 aromatic rings. The van der Waals surface area contributed by atoms with E-state index in [1.165, 1.54) is 22.7 Å². The average molecular weight is 229 g/mol. The van der Waals surface area contributed by atoms with Crippen molar-refractivity contribution in [1.82, 2.24) is 15.2 Å². The van der Waals surface area contributed by atoms with E-state index in [-0.39, 0.29) is 0 Å². The van der Waals surface area contributed by atoms with E-state index in [1.54, 1.807) is 5.51 Å². The summed E-state index contributed by atoms with van der Waals surface area (Å²) in [5.41, 5.74) is 2.60. The van der Waals surface area contributed by atoms with Crippen molar-refractivity contribution in [3.63, 3.8) is 0 Å². The Morgan fingerprint density at radius 1 is 1.46 bits per heavy atom. The third-order valence-corrected chi connectivity index (χ3v) is 3.30. The van der Waals surface area contributed by atoms with E-state index in [2.05, 4.69) is 20.5 Å². The van der Waals surface area contributed by atoms with Crippen molar-refractivity contribution in [3.05, 3.63) is 5.51 Å². The molecule has 2 rings (SSSR count). The summed E-state index contributed by atoms with van der Waals surface area (Å²) in [6, 6.07) is 0. The van der Waals surface area contributed by atoms with Gasteiger partial charge >= 0.3 is 0 Å². The van der Waals surface area contributed by atoms with Crippen LogP contribution in [0.3, 0.4) is 0 Å². The minimum Gasteiger partial charge on any atom is -0.378 e. The first-order chi connectivity index (χ1) is 6.31. The molecule has 7 heteroatoms. The Kier molecular flexibility index (Phi) is 2.38. The average Bonchev–Trinajstić information content (AvgIpc) is 2.71. The second kappa shape index (κ2) is 3.52. The Labute approximate surface area is 88.5 Å². The van der Waals surface area contributed by atoms with Crippen LogP contribution in [0.1, 0.15) is 0 Å². The van der Waals surface area contributed by atoms with Gasteiger partial charge in [-0.15, -0.1) is 21.5 Å². The van der Waals surface area contributed by atoms with E-state index in [0.29, 0.717) is 4.34 Å². The van der Waals surface area contributed by atoms with E-state index >= 15 is 0 Å². The molecule has 0 aliphatic heterocycles. The maximum absolute atomic E-state index is 4.89. The third kappa shape index (κ3) is 1.62. The summed E-state index contributed by atoms with van der Waals surface area (Å²) >= 11 is 7.79. The molecule has 0 atom stereocenters. The monoisotopic (exact) mass is 229 g/mol. The standard InChI is InChI=1S/C6H5N4S3/c1-7-4-3(8-2-12-4)5-9-10-6(11)13-5/h2,7H,1H3. The number of aromatic nitrogens is 3. The van der Waals surface area contributed by atoms with Gasteiger partial charge in [0.2, 0.25) is 4.34 Å². The van der Waals surface area contributed by atoms with E-state index in [9.17, 15) is 0 Å². The molecule has 4 nitrogen and oxygen atoms in total. The fraction of sp³-hybridized carbons (Fsp3) is 0.167. The number of nitrogens with zero attached hydrogens (tertiary/aromatic N) is 3. The fourth-order valence-corrected chi connectivity index (χ4v) is 2.45. The Morgan fingerprint density at radius 3 is 2.92 bits per heavy atom. The van der Waals surface area contributed by atoms with Crippen LogP contribution in [0, 0.1) is 0 Å². The molecule has 0 fully saturated rings. The molecule has 0 spiro atoms. The molecule has 0 amide bonds. The second-order valence-corrected chi connectivity index (χ2v) is 4.63. The predicted octanol–water partition coefficient (Wildman–Crippen LogP) is 2.26. The molecule has 0 aliphatic carbocycles. The lowest BCUT2D eigenvalue weighted by molar-refractivity contribution is 1.02. The van der Waals surface area contributed by atoms with Crippen LogP contribution in [-0.4, -0.2) is 22.2 Å². The molecule has 0 saturated heterocycles. The van der Waals surface area contributed by atoms with Gasteiger partial charge < -0.3 is 5.32 Å². The van der Waals surface area contributed by atoms with Gasteiger partial charge in [-0.3, -0.25) is 0 Å². The number of anilines is 1. The molecule has 0 aromatic carbocycles. The minimum atomic E-state index is 0.546. The first kappa shape index (κ1) is 8.79. The van der Waals surface area contributed by atoms with Crippen LogP contribution in [0.4, 0.5) is 5.00 Å². The first-order valence-electron chi connectivity index (χ1n) is 3.43. The Hall–Kier alpha value is -0.790. The molecule has 2 aromatic heterocycles. The summed E-state index contributed by atoms with van der Waals surface area (Å²) in [5, 5.41) is 12.5. The van der Waals surface area contributed by atoms with E-state index in [4.69, 9.17) is 12.6 Å². The van der Waals surface area contributed by atoms with Gasteiger partial charge in [-0.1, -0.05) is 11.3 Å². The van der Waals surface area contributed by atoms with E-state index in [1.807, 2.05) is 7.05 Å². The van der Waals surface area contributed by atoms with Crippen LogP contribution in [0.15, 0.2) is 9.85 Å². The largest absolute Gasteiger partial charge is 0.378 e. The molecular formula is C6H5N4S3. The number of nitrogens with one attached hydrogen (secondary N) is 1. The number of rotatable bonds is 2. The maximum Gasteiger partial charge on any atom is 0.204 e. The third-order valence-electron chi connectivity index (χ3n) is 1.40. The van der Waals surface area contributed by atoms with Crippen LogP contribution in [0.2, 0.25) is 0 Å². The van der Waals surface area contributed by atoms with Gasteiger partial charge in [0.1, 0.15) is 10.7 Å². The summed E-state index contributed by atoms with van der Waals surface area (Å²) in [7, 11) is 1.85. The summed E-state index contributed by atoms with van der Waals surface area (Å²) in [6.45, 7) is 0. The lowest BCUT2D eigenvalue weighted by Gasteiger charge is -1.94. The topological polar surface area (TPSA) is 50.7 Å². The highest BCUT2D eigenvalue weighted by Gasteiger charge is 2.11. The SMILES string of the molecule is CNc1scnc1-c1nnc([S])s1. The lowest BCUT2D eigenvalue weighted by atomic mass is 10.5. The van der Waals surface area contributed by atoms with Gasteiger partial charge in [-0.2, -0.15) is 0 Å². The van der Waals surface area contributed by atoms with Crippen LogP contribution in [0.25, 0.3) is 10.7 Å². The molecule has 13 heavy (non-hydrogen) atoms. The van der Waals surface area contributed by atoms with Crippen molar-refractivity contribution in [2.45, 2.75) is 4.34 Å². The van der Waals surface area contributed by atoms with Gasteiger partial charge in [-0.25, -0.2) is 4.98 Å². The van der Waals surface area contributed by atoms with Crippen molar-refractivity contribution in [3.8, 4) is 10.7 Å². The molecule has 0 aliphatic rings. The number of hydrogen-bond donors (Lipinski definition) is 1. The van der Waals surface area contributed by atoms with Crippen molar-refractivity contribution in [2.24, 2.45) is 0 Å². The molecule has 0 unspecified atom stereocenters. The highest BCUT2D eigenvalue weighted by atomic mass is 32.2. The maximum atomic E-state index is 4.89. The minimum absolute atomic E-state index is 0.546. The molecule has 1 radical (unpaired) electrons. The summed E-state index contributed by atoms with van der Waals surface area (Å²) in [6.07, 6.45) is 0. The van der Waals surface area contributed by atoms with Crippen molar-refractivity contribution in [1.29, 1.82) is 0 Å². The van der Waals surface area contributed by atoms with Gasteiger partial charge in [0.25, 0.3) is 0 Å². The van der Waals surface area contributed by atoms with E-state index in [0.717, 1.165) is 15.7 Å². The van der Waals surface area contributed by atoms with Crippen molar-refractivity contribution < 1.29 is 0 Å². The molecule has 0 bridgehead atoms. The van der Waals surface area contributed by atoms with Crippen LogP contribution < -0.4 is 5.32 Å². The zero-order valence-corrected chi connectivity index (χ0v) is 9.09. The normalized spacial score (nSPS) is 10.2. The highest BCUT2D eigenvalue weighted by molar-refractivity contribution is 7.82. The van der Waals surface area contributed by atoms with Crippen LogP contribution >= 0.6 is 35.3 Å². The lowest BCUT2D eigenvalue weighted by Crippen LogP contribution is -1.87. The number of thiazole rings is 1. The Morgan fingerprint density at radius 2 is 2.31 bits per heavy atom. The van der Waals surface area contributed by atoms with Crippen LogP contribution in [-0.2, 0) is 0 Å². The van der Waals surface area contributed by atoms with Gasteiger partial charge in [0.15, 0.2) is 5.01 Å². The Bertz CT molecular complexity index is 407. The van der Waals surface area contributed by atoms with Gasteiger partial charge in [-0.05, 0) is 12.6 Å². The van der Waals surface area contributed by atoms with Crippen molar-refractivity contribution in [2.75, 3.05) is 12.4 Å². The molecule has 0 saturated carbocycles. The summed E-state index contributed by atoms with van der Waals surface area (Å²) < 4.78 is 0.546. The molecule has 2 heterocycles. The summed E-state index contributed by atoms with van der Waals surface area (Å²) in [4.78, 5) is 4.19. The zero-order valence-electron chi connectivity index (χ0n) is 6.64. The van der Waals surface area contributed by atoms with Crippen LogP contribution in [0.5, 0.6) is 0 Å². The summed E-state index contributed by atoms with van der Waals surface area (Å²) in [5.74, 6) is 0. The quantitative estimate of drug-likeness (QED) is 0.858. The first-order valence-corrected chi connectivity index (χ1v) is 5.54. The van der Waals surface area contributed by atoms with Gasteiger partial charge in [0, 0.05) is 7.05 Å². The molecular weight excluding hydrogens is 224 g/mol. The van der Waals surface area contributed by atoms with Gasteiger partial charge in [0.05, 0.1) is 5.51 Å². The van der Waals surface area contributed by atoms with Crippen molar-refractivity contribution >= 4 is 40.3 Å².